The molecule has 7 heteroatoms. The van der Waals surface area contributed by atoms with E-state index in [1.54, 1.807) is 18.2 Å². The van der Waals surface area contributed by atoms with Crippen molar-refractivity contribution in [2.45, 2.75) is 12.2 Å². The molecule has 0 radical (unpaired) electrons. The summed E-state index contributed by atoms with van der Waals surface area (Å²) in [5, 5.41) is 5.15. The second-order valence-electron chi connectivity index (χ2n) is 3.69. The zero-order chi connectivity index (χ0) is 12.3. The van der Waals surface area contributed by atoms with Crippen molar-refractivity contribution in [3.63, 3.8) is 0 Å². The van der Waals surface area contributed by atoms with Gasteiger partial charge in [0.25, 0.3) is 0 Å². The molecular formula is C11H13F3IN3. The van der Waals surface area contributed by atoms with E-state index in [0.717, 1.165) is 0 Å². The molecule has 100 valence electrons. The van der Waals surface area contributed by atoms with Gasteiger partial charge in [0.15, 0.2) is 12.0 Å². The lowest BCUT2D eigenvalue weighted by molar-refractivity contribution is -0.154. The van der Waals surface area contributed by atoms with Crippen molar-refractivity contribution in [2.75, 3.05) is 13.1 Å². The predicted octanol–water partition coefficient (Wildman–Crippen LogP) is 2.46. The largest absolute Gasteiger partial charge is 0.412 e. The first-order valence-electron chi connectivity index (χ1n) is 5.24. The third kappa shape index (κ3) is 3.76. The average molecular weight is 371 g/mol. The molecule has 2 N–H and O–H groups in total. The van der Waals surface area contributed by atoms with Crippen molar-refractivity contribution in [3.8, 4) is 0 Å². The molecule has 0 amide bonds. The van der Waals surface area contributed by atoms with Crippen LogP contribution < -0.4 is 10.6 Å². The van der Waals surface area contributed by atoms with Gasteiger partial charge in [-0.3, -0.25) is 4.99 Å². The third-order valence-corrected chi connectivity index (χ3v) is 2.42. The van der Waals surface area contributed by atoms with Crippen molar-refractivity contribution in [1.82, 2.24) is 10.6 Å². The normalized spacial score (nSPS) is 16.3. The number of alkyl halides is 3. The number of benzene rings is 1. The van der Waals surface area contributed by atoms with Gasteiger partial charge in [-0.1, -0.05) is 30.3 Å². The lowest BCUT2D eigenvalue weighted by Crippen LogP contribution is -2.42. The second kappa shape index (κ2) is 6.26. The van der Waals surface area contributed by atoms with Crippen LogP contribution >= 0.6 is 24.0 Å². The maximum atomic E-state index is 12.9. The van der Waals surface area contributed by atoms with E-state index in [9.17, 15) is 13.2 Å². The molecular weight excluding hydrogens is 358 g/mol. The van der Waals surface area contributed by atoms with Gasteiger partial charge in [0.05, 0.1) is 6.54 Å². The zero-order valence-corrected chi connectivity index (χ0v) is 11.7. The molecule has 0 aromatic heterocycles. The molecule has 0 aliphatic carbocycles. The van der Waals surface area contributed by atoms with Crippen LogP contribution in [0.2, 0.25) is 0 Å². The Morgan fingerprint density at radius 2 is 1.89 bits per heavy atom. The molecule has 0 spiro atoms. The predicted molar refractivity (Wildman–Crippen MR) is 74.1 cm³/mol. The molecule has 0 bridgehead atoms. The summed E-state index contributed by atoms with van der Waals surface area (Å²) >= 11 is 0. The van der Waals surface area contributed by atoms with Gasteiger partial charge in [0.1, 0.15) is 0 Å². The van der Waals surface area contributed by atoms with Gasteiger partial charge in [-0.05, 0) is 5.56 Å². The molecule has 1 aromatic rings. The molecule has 1 heterocycles. The van der Waals surface area contributed by atoms with Crippen LogP contribution in [0.1, 0.15) is 11.6 Å². The van der Waals surface area contributed by atoms with Gasteiger partial charge in [0.2, 0.25) is 0 Å². The summed E-state index contributed by atoms with van der Waals surface area (Å²) in [6, 6.07) is 6.01. The number of nitrogens with zero attached hydrogens (tertiary/aromatic N) is 1. The van der Waals surface area contributed by atoms with Crippen LogP contribution in [0.15, 0.2) is 35.3 Å². The SMILES string of the molecule is FC(F)(F)C(NC1=NCCN1)c1ccccc1.I. The highest BCUT2D eigenvalue weighted by Gasteiger charge is 2.41. The number of rotatable bonds is 2. The molecule has 3 nitrogen and oxygen atoms in total. The van der Waals surface area contributed by atoms with Crippen LogP contribution in [0.4, 0.5) is 13.2 Å². The number of aliphatic imine (C=N–C) groups is 1. The van der Waals surface area contributed by atoms with Gasteiger partial charge in [-0.2, -0.15) is 13.2 Å². The maximum absolute atomic E-state index is 12.9. The van der Waals surface area contributed by atoms with Crippen LogP contribution in [0.25, 0.3) is 0 Å². The van der Waals surface area contributed by atoms with Crippen molar-refractivity contribution in [1.29, 1.82) is 0 Å². The number of nitrogens with one attached hydrogen (secondary N) is 2. The summed E-state index contributed by atoms with van der Waals surface area (Å²) < 4.78 is 38.7. The van der Waals surface area contributed by atoms with E-state index >= 15 is 0 Å². The van der Waals surface area contributed by atoms with Crippen molar-refractivity contribution in [2.24, 2.45) is 4.99 Å². The summed E-state index contributed by atoms with van der Waals surface area (Å²) in [5.74, 6) is 0.205. The fourth-order valence-corrected chi connectivity index (χ4v) is 1.63. The summed E-state index contributed by atoms with van der Waals surface area (Å²) in [6.07, 6.45) is -4.35. The third-order valence-electron chi connectivity index (χ3n) is 2.42. The Morgan fingerprint density at radius 1 is 1.22 bits per heavy atom. The Hall–Kier alpha value is -0.990. The highest BCUT2D eigenvalue weighted by atomic mass is 127. The minimum Gasteiger partial charge on any atom is -0.355 e. The van der Waals surface area contributed by atoms with Crippen LogP contribution in [0.5, 0.6) is 0 Å². The van der Waals surface area contributed by atoms with E-state index in [2.05, 4.69) is 15.6 Å². The second-order valence-corrected chi connectivity index (χ2v) is 3.69. The van der Waals surface area contributed by atoms with Crippen LogP contribution in [-0.2, 0) is 0 Å². The number of guanidine groups is 1. The number of halogens is 4. The molecule has 0 saturated heterocycles. The Morgan fingerprint density at radius 3 is 2.39 bits per heavy atom. The first kappa shape index (κ1) is 15.1. The van der Waals surface area contributed by atoms with E-state index in [1.807, 2.05) is 0 Å². The lowest BCUT2D eigenvalue weighted by atomic mass is 10.1. The van der Waals surface area contributed by atoms with Crippen molar-refractivity contribution < 1.29 is 13.2 Å². The van der Waals surface area contributed by atoms with E-state index < -0.39 is 12.2 Å². The first-order valence-corrected chi connectivity index (χ1v) is 5.24. The highest BCUT2D eigenvalue weighted by Crippen LogP contribution is 2.32. The van der Waals surface area contributed by atoms with E-state index in [0.29, 0.717) is 13.1 Å². The Bertz CT molecular complexity index is 406. The molecule has 1 aromatic carbocycles. The van der Waals surface area contributed by atoms with Gasteiger partial charge < -0.3 is 10.6 Å². The molecule has 18 heavy (non-hydrogen) atoms. The van der Waals surface area contributed by atoms with E-state index in [-0.39, 0.29) is 35.5 Å². The van der Waals surface area contributed by atoms with Gasteiger partial charge in [0, 0.05) is 6.54 Å². The molecule has 2 rings (SSSR count). The summed E-state index contributed by atoms with van der Waals surface area (Å²) in [7, 11) is 0. The molecule has 0 fully saturated rings. The minimum atomic E-state index is -4.35. The highest BCUT2D eigenvalue weighted by molar-refractivity contribution is 14.0. The summed E-state index contributed by atoms with van der Waals surface area (Å²) in [6.45, 7) is 1.07. The van der Waals surface area contributed by atoms with E-state index in [4.69, 9.17) is 0 Å². The molecule has 1 aliphatic rings. The molecule has 1 unspecified atom stereocenters. The molecule has 0 saturated carbocycles. The Labute approximate surface area is 120 Å². The topological polar surface area (TPSA) is 36.4 Å². The average Bonchev–Trinajstić information content (AvgIpc) is 2.78. The standard InChI is InChI=1S/C11H12F3N3.HI/c12-11(13,14)9(8-4-2-1-3-5-8)17-10-15-6-7-16-10;/h1-5,9H,6-7H2,(H2,15,16,17);1H. The van der Waals surface area contributed by atoms with Crippen molar-refractivity contribution in [3.05, 3.63) is 35.9 Å². The monoisotopic (exact) mass is 371 g/mol. The number of hydrogen-bond acceptors (Lipinski definition) is 3. The van der Waals surface area contributed by atoms with Gasteiger partial charge >= 0.3 is 6.18 Å². The van der Waals surface area contributed by atoms with E-state index in [1.165, 1.54) is 12.1 Å². The fourth-order valence-electron chi connectivity index (χ4n) is 1.63. The molecule has 1 aliphatic heterocycles. The smallest absolute Gasteiger partial charge is 0.355 e. The van der Waals surface area contributed by atoms with Gasteiger partial charge in [-0.25, -0.2) is 0 Å². The Balaban J connectivity index is 0.00000162. The van der Waals surface area contributed by atoms with Crippen LogP contribution in [-0.4, -0.2) is 25.2 Å². The zero-order valence-electron chi connectivity index (χ0n) is 9.37. The number of hydrogen-bond donors (Lipinski definition) is 2. The minimum absolute atomic E-state index is 0. The fraction of sp³-hybridized carbons (Fsp3) is 0.364. The van der Waals surface area contributed by atoms with Crippen molar-refractivity contribution >= 4 is 29.9 Å². The maximum Gasteiger partial charge on any atom is 0.412 e. The lowest BCUT2D eigenvalue weighted by Gasteiger charge is -2.22. The first-order chi connectivity index (χ1) is 8.07. The Kier molecular flexibility index (Phi) is 5.24. The van der Waals surface area contributed by atoms with Gasteiger partial charge in [-0.15, -0.1) is 24.0 Å². The van der Waals surface area contributed by atoms with Crippen LogP contribution in [0.3, 0.4) is 0 Å². The molecule has 1 atom stereocenters. The quantitative estimate of drug-likeness (QED) is 0.784. The van der Waals surface area contributed by atoms with Crippen LogP contribution in [0, 0.1) is 0 Å². The summed E-state index contributed by atoms with van der Waals surface area (Å²) in [5.41, 5.74) is 0.177. The summed E-state index contributed by atoms with van der Waals surface area (Å²) in [4.78, 5) is 3.91.